The Labute approximate surface area is 138 Å². The number of aromatic nitrogens is 1. The van der Waals surface area contributed by atoms with Crippen molar-refractivity contribution in [2.24, 2.45) is 0 Å². The number of rotatable bonds is 7. The molecule has 0 fully saturated rings. The summed E-state index contributed by atoms with van der Waals surface area (Å²) in [6, 6.07) is 6.56. The highest BCUT2D eigenvalue weighted by Gasteiger charge is 2.21. The van der Waals surface area contributed by atoms with Crippen molar-refractivity contribution in [1.82, 2.24) is 10.3 Å². The molecule has 1 unspecified atom stereocenters. The summed E-state index contributed by atoms with van der Waals surface area (Å²) < 4.78 is 4.76. The number of benzene rings is 1. The van der Waals surface area contributed by atoms with Crippen LogP contribution < -0.4 is 5.32 Å². The highest BCUT2D eigenvalue weighted by molar-refractivity contribution is 6.09. The van der Waals surface area contributed by atoms with Crippen LogP contribution in [0.4, 0.5) is 0 Å². The van der Waals surface area contributed by atoms with Gasteiger partial charge in [-0.3, -0.25) is 9.59 Å². The molecule has 0 aliphatic rings. The predicted molar refractivity (Wildman–Crippen MR) is 85.6 cm³/mol. The van der Waals surface area contributed by atoms with E-state index < -0.39 is 24.5 Å². The van der Waals surface area contributed by atoms with E-state index in [1.807, 2.05) is 0 Å². The normalized spacial score (nSPS) is 11.6. The number of hydrogen-bond acceptors (Lipinski definition) is 5. The Morgan fingerprint density at radius 2 is 1.79 bits per heavy atom. The molecule has 0 radical (unpaired) electrons. The summed E-state index contributed by atoms with van der Waals surface area (Å²) in [5.74, 6) is -1.40. The molecule has 24 heavy (non-hydrogen) atoms. The van der Waals surface area contributed by atoms with Gasteiger partial charge in [-0.25, -0.2) is 4.79 Å². The second-order valence-corrected chi connectivity index (χ2v) is 4.97. The van der Waals surface area contributed by atoms with Gasteiger partial charge in [-0.15, -0.1) is 0 Å². The number of carbonyl (C=O) groups is 3. The van der Waals surface area contributed by atoms with Gasteiger partial charge in [0.25, 0.3) is 5.91 Å². The summed E-state index contributed by atoms with van der Waals surface area (Å²) in [5, 5.41) is 11.6. The van der Waals surface area contributed by atoms with Crippen molar-refractivity contribution >= 4 is 17.7 Å². The number of ketones is 1. The molecule has 0 saturated carbocycles. The molecule has 1 amide bonds. The number of aliphatic hydroxyl groups excluding tert-OH is 1. The first kappa shape index (κ1) is 17.4. The van der Waals surface area contributed by atoms with Gasteiger partial charge < -0.3 is 20.1 Å². The molecular weight excluding hydrogens is 312 g/mol. The van der Waals surface area contributed by atoms with Gasteiger partial charge in [-0.2, -0.15) is 0 Å². The van der Waals surface area contributed by atoms with Crippen LogP contribution >= 0.6 is 0 Å². The number of aromatic amines is 1. The number of hydrogen-bond donors (Lipinski definition) is 3. The van der Waals surface area contributed by atoms with Crippen LogP contribution in [-0.4, -0.2) is 47.0 Å². The van der Waals surface area contributed by atoms with Crippen LogP contribution in [0.15, 0.2) is 42.7 Å². The monoisotopic (exact) mass is 330 g/mol. The fourth-order valence-electron chi connectivity index (χ4n) is 2.07. The van der Waals surface area contributed by atoms with Crippen LogP contribution in [0.2, 0.25) is 0 Å². The van der Waals surface area contributed by atoms with E-state index in [4.69, 9.17) is 4.74 Å². The van der Waals surface area contributed by atoms with Crippen molar-refractivity contribution in [3.63, 3.8) is 0 Å². The standard InChI is InChI=1S/C17H18N2O5/c1-2-24-17(23)14(10-20)19-16(22)12-5-3-11(4-6-12)15(21)13-7-8-18-9-13/h3-9,14,18,20H,2,10H2,1H3,(H,19,22). The molecule has 1 atom stereocenters. The molecule has 7 heteroatoms. The minimum Gasteiger partial charge on any atom is -0.464 e. The van der Waals surface area contributed by atoms with Gasteiger partial charge in [-0.1, -0.05) is 12.1 Å². The maximum atomic E-state index is 12.2. The number of nitrogens with one attached hydrogen (secondary N) is 2. The van der Waals surface area contributed by atoms with Crippen LogP contribution in [0.25, 0.3) is 0 Å². The van der Waals surface area contributed by atoms with Gasteiger partial charge in [0, 0.05) is 29.1 Å². The van der Waals surface area contributed by atoms with E-state index in [1.165, 1.54) is 24.3 Å². The van der Waals surface area contributed by atoms with Crippen LogP contribution in [-0.2, 0) is 9.53 Å². The fourth-order valence-corrected chi connectivity index (χ4v) is 2.07. The summed E-state index contributed by atoms with van der Waals surface area (Å²) in [7, 11) is 0. The third kappa shape index (κ3) is 4.08. The Balaban J connectivity index is 2.05. The van der Waals surface area contributed by atoms with Gasteiger partial charge >= 0.3 is 5.97 Å². The minimum absolute atomic E-state index is 0.154. The first-order chi connectivity index (χ1) is 11.6. The van der Waals surface area contributed by atoms with Gasteiger partial charge in [0.15, 0.2) is 11.8 Å². The van der Waals surface area contributed by atoms with Gasteiger partial charge in [0.05, 0.1) is 13.2 Å². The summed E-state index contributed by atoms with van der Waals surface area (Å²) in [4.78, 5) is 38.6. The Bertz CT molecular complexity index is 707. The molecule has 0 aliphatic carbocycles. The third-order valence-corrected chi connectivity index (χ3v) is 3.33. The minimum atomic E-state index is -1.13. The molecule has 0 aliphatic heterocycles. The van der Waals surface area contributed by atoms with Crippen LogP contribution in [0, 0.1) is 0 Å². The summed E-state index contributed by atoms with van der Waals surface area (Å²) in [5.41, 5.74) is 1.23. The quantitative estimate of drug-likeness (QED) is 0.516. The van der Waals surface area contributed by atoms with Crippen molar-refractivity contribution in [3.05, 3.63) is 59.4 Å². The second kappa shape index (κ2) is 8.07. The lowest BCUT2D eigenvalue weighted by Crippen LogP contribution is -2.44. The molecule has 0 spiro atoms. The number of H-pyrrole nitrogens is 1. The Kier molecular flexibility index (Phi) is 5.86. The highest BCUT2D eigenvalue weighted by Crippen LogP contribution is 2.11. The molecule has 1 aromatic heterocycles. The van der Waals surface area contributed by atoms with E-state index in [9.17, 15) is 19.5 Å². The molecule has 2 aromatic rings. The van der Waals surface area contributed by atoms with E-state index in [2.05, 4.69) is 10.3 Å². The lowest BCUT2D eigenvalue weighted by atomic mass is 10.0. The van der Waals surface area contributed by atoms with Gasteiger partial charge in [-0.05, 0) is 25.1 Å². The lowest BCUT2D eigenvalue weighted by Gasteiger charge is -2.14. The predicted octanol–water partition coefficient (Wildman–Crippen LogP) is 0.899. The third-order valence-electron chi connectivity index (χ3n) is 3.33. The fraction of sp³-hybridized carbons (Fsp3) is 0.235. The van der Waals surface area contributed by atoms with Crippen molar-refractivity contribution < 1.29 is 24.2 Å². The zero-order valence-electron chi connectivity index (χ0n) is 13.1. The van der Waals surface area contributed by atoms with Gasteiger partial charge in [0.2, 0.25) is 0 Å². The molecule has 1 aromatic carbocycles. The van der Waals surface area contributed by atoms with E-state index in [-0.39, 0.29) is 18.0 Å². The maximum absolute atomic E-state index is 12.2. The van der Waals surface area contributed by atoms with Crippen LogP contribution in [0.1, 0.15) is 33.2 Å². The smallest absolute Gasteiger partial charge is 0.331 e. The zero-order chi connectivity index (χ0) is 17.5. The average Bonchev–Trinajstić information content (AvgIpc) is 3.13. The summed E-state index contributed by atoms with van der Waals surface area (Å²) >= 11 is 0. The molecule has 3 N–H and O–H groups in total. The SMILES string of the molecule is CCOC(=O)C(CO)NC(=O)c1ccc(C(=O)c2cc[nH]c2)cc1. The molecule has 1 heterocycles. The Morgan fingerprint density at radius 3 is 2.33 bits per heavy atom. The van der Waals surface area contributed by atoms with Gasteiger partial charge in [0.1, 0.15) is 0 Å². The largest absolute Gasteiger partial charge is 0.464 e. The lowest BCUT2D eigenvalue weighted by molar-refractivity contribution is -0.146. The van der Waals surface area contributed by atoms with Crippen LogP contribution in [0.5, 0.6) is 0 Å². The highest BCUT2D eigenvalue weighted by atomic mass is 16.5. The average molecular weight is 330 g/mol. The van der Waals surface area contributed by atoms with E-state index >= 15 is 0 Å². The van der Waals surface area contributed by atoms with E-state index in [0.717, 1.165) is 0 Å². The first-order valence-electron chi connectivity index (χ1n) is 7.42. The second-order valence-electron chi connectivity index (χ2n) is 4.97. The molecule has 0 bridgehead atoms. The van der Waals surface area contributed by atoms with E-state index in [1.54, 1.807) is 25.4 Å². The topological polar surface area (TPSA) is 108 Å². The number of carbonyl (C=O) groups excluding carboxylic acids is 3. The number of aliphatic hydroxyl groups is 1. The number of ether oxygens (including phenoxy) is 1. The number of amides is 1. The Morgan fingerprint density at radius 1 is 1.12 bits per heavy atom. The summed E-state index contributed by atoms with van der Waals surface area (Å²) in [6.07, 6.45) is 3.24. The van der Waals surface area contributed by atoms with Crippen molar-refractivity contribution in [3.8, 4) is 0 Å². The maximum Gasteiger partial charge on any atom is 0.331 e. The molecule has 0 saturated heterocycles. The van der Waals surface area contributed by atoms with Crippen molar-refractivity contribution in [2.45, 2.75) is 13.0 Å². The Hall–Kier alpha value is -2.93. The van der Waals surface area contributed by atoms with Crippen molar-refractivity contribution in [1.29, 1.82) is 0 Å². The molecule has 2 rings (SSSR count). The summed E-state index contributed by atoms with van der Waals surface area (Å²) in [6.45, 7) is 1.23. The molecular formula is C17H18N2O5. The molecule has 126 valence electrons. The number of esters is 1. The first-order valence-corrected chi connectivity index (χ1v) is 7.42. The molecule has 7 nitrogen and oxygen atoms in total. The van der Waals surface area contributed by atoms with Crippen LogP contribution in [0.3, 0.4) is 0 Å². The zero-order valence-corrected chi connectivity index (χ0v) is 13.1. The van der Waals surface area contributed by atoms with E-state index in [0.29, 0.717) is 11.1 Å². The van der Waals surface area contributed by atoms with Crippen molar-refractivity contribution in [2.75, 3.05) is 13.2 Å².